The molecule has 0 unspecified atom stereocenters. The number of benzene rings is 1. The lowest BCUT2D eigenvalue weighted by Gasteiger charge is -2.26. The third-order valence-corrected chi connectivity index (χ3v) is 2.77. The average Bonchev–Trinajstić information content (AvgIpc) is 2.30. The molecule has 0 bridgehead atoms. The number of alkyl halides is 1. The molecular formula is C14H20ClNO2. The van der Waals surface area contributed by atoms with E-state index in [0.717, 1.165) is 16.9 Å². The van der Waals surface area contributed by atoms with Crippen molar-refractivity contribution in [2.24, 2.45) is 0 Å². The van der Waals surface area contributed by atoms with Gasteiger partial charge in [0.15, 0.2) is 0 Å². The third kappa shape index (κ3) is 4.57. The number of halogens is 1. The van der Waals surface area contributed by atoms with Gasteiger partial charge in [0.1, 0.15) is 18.2 Å². The first-order valence-electron chi connectivity index (χ1n) is 5.91. The minimum Gasteiger partial charge on any atom is -0.491 e. The third-order valence-electron chi connectivity index (χ3n) is 2.53. The van der Waals surface area contributed by atoms with E-state index in [9.17, 15) is 4.79 Å². The fourth-order valence-electron chi connectivity index (χ4n) is 1.57. The van der Waals surface area contributed by atoms with Crippen molar-refractivity contribution >= 4 is 17.5 Å². The van der Waals surface area contributed by atoms with Crippen LogP contribution in [0.15, 0.2) is 18.2 Å². The van der Waals surface area contributed by atoms with Crippen molar-refractivity contribution in [1.82, 2.24) is 5.32 Å². The Morgan fingerprint density at radius 2 is 2.06 bits per heavy atom. The molecule has 1 aromatic rings. The summed E-state index contributed by atoms with van der Waals surface area (Å²) >= 11 is 5.47. The number of hydrogen-bond acceptors (Lipinski definition) is 2. The van der Waals surface area contributed by atoms with Crippen LogP contribution in [0, 0.1) is 13.8 Å². The van der Waals surface area contributed by atoms with E-state index in [4.69, 9.17) is 16.3 Å². The fourth-order valence-corrected chi connectivity index (χ4v) is 1.63. The first-order valence-corrected chi connectivity index (χ1v) is 6.44. The number of amides is 1. The molecule has 0 radical (unpaired) electrons. The Hall–Kier alpha value is -1.22. The van der Waals surface area contributed by atoms with Crippen molar-refractivity contribution in [3.63, 3.8) is 0 Å². The topological polar surface area (TPSA) is 38.3 Å². The Balaban J connectivity index is 2.63. The van der Waals surface area contributed by atoms with E-state index in [1.54, 1.807) is 0 Å². The highest BCUT2D eigenvalue weighted by atomic mass is 35.5. The maximum Gasteiger partial charge on any atom is 0.235 e. The summed E-state index contributed by atoms with van der Waals surface area (Å²) in [6, 6.07) is 6.06. The minimum atomic E-state index is -0.442. The molecule has 4 heteroatoms. The standard InChI is InChI=1S/C14H20ClNO2/c1-10-5-6-11(2)12(7-10)18-9-14(3,4)16-13(17)8-15/h5-7H,8-9H2,1-4H3,(H,16,17). The highest BCUT2D eigenvalue weighted by Crippen LogP contribution is 2.20. The van der Waals surface area contributed by atoms with Gasteiger partial charge in [0.25, 0.3) is 0 Å². The van der Waals surface area contributed by atoms with E-state index in [0.29, 0.717) is 6.61 Å². The second kappa shape index (κ2) is 6.10. The van der Waals surface area contributed by atoms with Crippen LogP contribution in [0.2, 0.25) is 0 Å². The van der Waals surface area contributed by atoms with Gasteiger partial charge in [-0.05, 0) is 44.9 Å². The number of ether oxygens (including phenoxy) is 1. The number of carbonyl (C=O) groups is 1. The molecule has 0 aliphatic heterocycles. The van der Waals surface area contributed by atoms with E-state index in [-0.39, 0.29) is 11.8 Å². The van der Waals surface area contributed by atoms with Gasteiger partial charge in [0.05, 0.1) is 5.54 Å². The van der Waals surface area contributed by atoms with Crippen LogP contribution in [0.3, 0.4) is 0 Å². The predicted octanol–water partition coefficient (Wildman–Crippen LogP) is 2.82. The van der Waals surface area contributed by atoms with Crippen LogP contribution in [-0.2, 0) is 4.79 Å². The van der Waals surface area contributed by atoms with Crippen LogP contribution >= 0.6 is 11.6 Å². The first kappa shape index (κ1) is 14.8. The molecule has 0 aliphatic carbocycles. The molecule has 0 spiro atoms. The molecule has 0 atom stereocenters. The average molecular weight is 270 g/mol. The lowest BCUT2D eigenvalue weighted by Crippen LogP contribution is -2.48. The van der Waals surface area contributed by atoms with Gasteiger partial charge in [0, 0.05) is 0 Å². The maximum atomic E-state index is 11.3. The van der Waals surface area contributed by atoms with E-state index < -0.39 is 5.54 Å². The molecule has 0 saturated heterocycles. The molecule has 18 heavy (non-hydrogen) atoms. The first-order chi connectivity index (χ1) is 8.34. The van der Waals surface area contributed by atoms with Crippen LogP contribution in [0.25, 0.3) is 0 Å². The molecular weight excluding hydrogens is 250 g/mol. The molecule has 0 saturated carbocycles. The number of nitrogens with one attached hydrogen (secondary N) is 1. The van der Waals surface area contributed by atoms with Gasteiger partial charge in [-0.25, -0.2) is 0 Å². The van der Waals surface area contributed by atoms with Gasteiger partial charge in [-0.1, -0.05) is 12.1 Å². The summed E-state index contributed by atoms with van der Waals surface area (Å²) in [4.78, 5) is 11.3. The van der Waals surface area contributed by atoms with Gasteiger partial charge in [-0.15, -0.1) is 11.6 Å². The highest BCUT2D eigenvalue weighted by molar-refractivity contribution is 6.27. The number of carbonyl (C=O) groups excluding carboxylic acids is 1. The second-order valence-corrected chi connectivity index (χ2v) is 5.39. The van der Waals surface area contributed by atoms with Crippen LogP contribution in [0.4, 0.5) is 0 Å². The second-order valence-electron chi connectivity index (χ2n) is 5.12. The largest absolute Gasteiger partial charge is 0.491 e. The molecule has 1 amide bonds. The van der Waals surface area contributed by atoms with Crippen molar-refractivity contribution < 1.29 is 9.53 Å². The summed E-state index contributed by atoms with van der Waals surface area (Å²) in [6.45, 7) is 8.23. The Labute approximate surface area is 113 Å². The normalized spacial score (nSPS) is 11.2. The maximum absolute atomic E-state index is 11.3. The lowest BCUT2D eigenvalue weighted by atomic mass is 10.1. The quantitative estimate of drug-likeness (QED) is 0.835. The Bertz CT molecular complexity index is 430. The summed E-state index contributed by atoms with van der Waals surface area (Å²) in [5, 5.41) is 2.81. The van der Waals surface area contributed by atoms with Crippen molar-refractivity contribution in [2.45, 2.75) is 33.2 Å². The molecule has 0 aromatic heterocycles. The Kier molecular flexibility index (Phi) is 5.03. The van der Waals surface area contributed by atoms with E-state index in [1.807, 2.05) is 45.9 Å². The molecule has 1 rings (SSSR count). The van der Waals surface area contributed by atoms with Crippen molar-refractivity contribution in [3.8, 4) is 5.75 Å². The molecule has 3 nitrogen and oxygen atoms in total. The highest BCUT2D eigenvalue weighted by Gasteiger charge is 2.21. The van der Waals surface area contributed by atoms with Crippen LogP contribution in [0.1, 0.15) is 25.0 Å². The van der Waals surface area contributed by atoms with Crippen LogP contribution < -0.4 is 10.1 Å². The van der Waals surface area contributed by atoms with Gasteiger partial charge in [0.2, 0.25) is 5.91 Å². The van der Waals surface area contributed by atoms with Gasteiger partial charge < -0.3 is 10.1 Å². The molecule has 1 aromatic carbocycles. The van der Waals surface area contributed by atoms with E-state index in [1.165, 1.54) is 0 Å². The molecule has 0 fully saturated rings. The fraction of sp³-hybridized carbons (Fsp3) is 0.500. The molecule has 1 N–H and O–H groups in total. The van der Waals surface area contributed by atoms with Crippen LogP contribution in [-0.4, -0.2) is 23.9 Å². The van der Waals surface area contributed by atoms with Gasteiger partial charge in [-0.2, -0.15) is 0 Å². The van der Waals surface area contributed by atoms with Crippen LogP contribution in [0.5, 0.6) is 5.75 Å². The molecule has 0 aliphatic rings. The predicted molar refractivity (Wildman–Crippen MR) is 74.4 cm³/mol. The molecule has 0 heterocycles. The monoisotopic (exact) mass is 269 g/mol. The van der Waals surface area contributed by atoms with Gasteiger partial charge >= 0.3 is 0 Å². The SMILES string of the molecule is Cc1ccc(C)c(OCC(C)(C)NC(=O)CCl)c1. The zero-order valence-corrected chi connectivity index (χ0v) is 12.1. The smallest absolute Gasteiger partial charge is 0.235 e. The van der Waals surface area contributed by atoms with Gasteiger partial charge in [-0.3, -0.25) is 4.79 Å². The van der Waals surface area contributed by atoms with Crippen molar-refractivity contribution in [1.29, 1.82) is 0 Å². The number of rotatable bonds is 5. The molecule has 100 valence electrons. The van der Waals surface area contributed by atoms with E-state index in [2.05, 4.69) is 5.32 Å². The summed E-state index contributed by atoms with van der Waals surface area (Å²) in [5.74, 6) is 0.627. The zero-order valence-electron chi connectivity index (χ0n) is 11.3. The summed E-state index contributed by atoms with van der Waals surface area (Å²) in [7, 11) is 0. The summed E-state index contributed by atoms with van der Waals surface area (Å²) < 4.78 is 5.77. The number of aryl methyl sites for hydroxylation is 2. The lowest BCUT2D eigenvalue weighted by molar-refractivity contribution is -0.120. The summed E-state index contributed by atoms with van der Waals surface area (Å²) in [6.07, 6.45) is 0. The summed E-state index contributed by atoms with van der Waals surface area (Å²) in [5.41, 5.74) is 1.79. The zero-order chi connectivity index (χ0) is 13.8. The van der Waals surface area contributed by atoms with Crippen molar-refractivity contribution in [3.05, 3.63) is 29.3 Å². The Morgan fingerprint density at radius 3 is 2.67 bits per heavy atom. The Morgan fingerprint density at radius 1 is 1.39 bits per heavy atom. The van der Waals surface area contributed by atoms with Crippen molar-refractivity contribution in [2.75, 3.05) is 12.5 Å². The minimum absolute atomic E-state index is 0.0348. The van der Waals surface area contributed by atoms with E-state index >= 15 is 0 Å². The number of hydrogen-bond donors (Lipinski definition) is 1.